The van der Waals surface area contributed by atoms with Gasteiger partial charge in [-0.2, -0.15) is 0 Å². The van der Waals surface area contributed by atoms with Gasteiger partial charge in [0.1, 0.15) is 0 Å². The number of hydrogen-bond acceptors (Lipinski definition) is 4. The van der Waals surface area contributed by atoms with Crippen molar-refractivity contribution in [3.63, 3.8) is 0 Å². The van der Waals surface area contributed by atoms with E-state index in [1.54, 1.807) is 11.3 Å². The fraction of sp³-hybridized carbons (Fsp3) is 0.700. The molecule has 14 heavy (non-hydrogen) atoms. The number of nitrogens with zero attached hydrogens (tertiary/aromatic N) is 1. The molecule has 0 fully saturated rings. The van der Waals surface area contributed by atoms with Crippen molar-refractivity contribution in [1.29, 1.82) is 0 Å². The van der Waals surface area contributed by atoms with E-state index in [0.29, 0.717) is 0 Å². The highest BCUT2D eigenvalue weighted by Gasteiger charge is 1.93. The summed E-state index contributed by atoms with van der Waals surface area (Å²) in [6.07, 6.45) is 2.25. The van der Waals surface area contributed by atoms with Gasteiger partial charge in [-0.25, -0.2) is 4.98 Å². The SMILES string of the molecule is CCCNCCNCCc1cscn1. The molecule has 0 unspecified atom stereocenters. The first-order valence-corrected chi connectivity index (χ1v) is 6.16. The predicted molar refractivity (Wildman–Crippen MR) is 61.8 cm³/mol. The molecule has 0 radical (unpaired) electrons. The number of thiazole rings is 1. The van der Waals surface area contributed by atoms with E-state index in [1.807, 2.05) is 5.51 Å². The van der Waals surface area contributed by atoms with Crippen molar-refractivity contribution in [3.05, 3.63) is 16.6 Å². The number of nitrogens with one attached hydrogen (secondary N) is 2. The summed E-state index contributed by atoms with van der Waals surface area (Å²) in [7, 11) is 0. The van der Waals surface area contributed by atoms with Crippen LogP contribution in [-0.4, -0.2) is 31.2 Å². The molecule has 1 rings (SSSR count). The van der Waals surface area contributed by atoms with Crippen LogP contribution in [0.25, 0.3) is 0 Å². The fourth-order valence-corrected chi connectivity index (χ4v) is 1.77. The van der Waals surface area contributed by atoms with Gasteiger partial charge in [0.15, 0.2) is 0 Å². The molecule has 0 saturated heterocycles. The third-order valence-corrected chi connectivity index (χ3v) is 2.58. The molecule has 4 heteroatoms. The standard InChI is InChI=1S/C10H19N3S/c1-2-4-11-6-7-12-5-3-10-8-14-9-13-10/h8-9,11-12H,2-7H2,1H3. The Morgan fingerprint density at radius 1 is 1.21 bits per heavy atom. The maximum Gasteiger partial charge on any atom is 0.0794 e. The molecule has 0 aromatic carbocycles. The van der Waals surface area contributed by atoms with E-state index in [4.69, 9.17) is 0 Å². The van der Waals surface area contributed by atoms with Crippen LogP contribution in [0.5, 0.6) is 0 Å². The van der Waals surface area contributed by atoms with E-state index in [9.17, 15) is 0 Å². The molecule has 0 aliphatic rings. The Balaban J connectivity index is 1.85. The van der Waals surface area contributed by atoms with Crippen LogP contribution in [0.3, 0.4) is 0 Å². The first-order valence-electron chi connectivity index (χ1n) is 5.22. The molecule has 1 aromatic rings. The average Bonchev–Trinajstić information content (AvgIpc) is 2.69. The van der Waals surface area contributed by atoms with Crippen molar-refractivity contribution in [1.82, 2.24) is 15.6 Å². The Morgan fingerprint density at radius 2 is 2.00 bits per heavy atom. The Hall–Kier alpha value is -0.450. The first kappa shape index (κ1) is 11.6. The third kappa shape index (κ3) is 5.32. The summed E-state index contributed by atoms with van der Waals surface area (Å²) in [4.78, 5) is 4.23. The van der Waals surface area contributed by atoms with E-state index in [1.165, 1.54) is 12.1 Å². The predicted octanol–water partition coefficient (Wildman–Crippen LogP) is 1.27. The number of hydrogen-bond donors (Lipinski definition) is 2. The second-order valence-electron chi connectivity index (χ2n) is 3.23. The van der Waals surface area contributed by atoms with Gasteiger partial charge in [0.25, 0.3) is 0 Å². The molecule has 80 valence electrons. The van der Waals surface area contributed by atoms with Crippen molar-refractivity contribution in [2.45, 2.75) is 19.8 Å². The van der Waals surface area contributed by atoms with E-state index in [0.717, 1.165) is 32.6 Å². The summed E-state index contributed by atoms with van der Waals surface area (Å²) < 4.78 is 0. The Bertz CT molecular complexity index is 211. The van der Waals surface area contributed by atoms with Crippen molar-refractivity contribution >= 4 is 11.3 Å². The van der Waals surface area contributed by atoms with Crippen LogP contribution in [0.15, 0.2) is 10.9 Å². The van der Waals surface area contributed by atoms with Crippen LogP contribution in [0, 0.1) is 0 Å². The normalized spacial score (nSPS) is 10.6. The lowest BCUT2D eigenvalue weighted by atomic mass is 10.3. The molecule has 0 amide bonds. The monoisotopic (exact) mass is 213 g/mol. The van der Waals surface area contributed by atoms with Gasteiger partial charge in [-0.15, -0.1) is 11.3 Å². The van der Waals surface area contributed by atoms with Gasteiger partial charge < -0.3 is 10.6 Å². The van der Waals surface area contributed by atoms with Gasteiger partial charge in [-0.3, -0.25) is 0 Å². The van der Waals surface area contributed by atoms with Crippen LogP contribution < -0.4 is 10.6 Å². The summed E-state index contributed by atoms with van der Waals surface area (Å²) in [5, 5.41) is 8.85. The molecule has 0 aliphatic carbocycles. The lowest BCUT2D eigenvalue weighted by Gasteiger charge is -2.04. The van der Waals surface area contributed by atoms with E-state index in [2.05, 4.69) is 27.9 Å². The van der Waals surface area contributed by atoms with E-state index >= 15 is 0 Å². The van der Waals surface area contributed by atoms with Gasteiger partial charge >= 0.3 is 0 Å². The number of rotatable bonds is 8. The van der Waals surface area contributed by atoms with Crippen molar-refractivity contribution in [3.8, 4) is 0 Å². The van der Waals surface area contributed by atoms with Crippen LogP contribution in [0.4, 0.5) is 0 Å². The molecule has 3 nitrogen and oxygen atoms in total. The van der Waals surface area contributed by atoms with Crippen molar-refractivity contribution < 1.29 is 0 Å². The van der Waals surface area contributed by atoms with Gasteiger partial charge in [0, 0.05) is 31.4 Å². The lowest BCUT2D eigenvalue weighted by molar-refractivity contribution is 0.605. The zero-order chi connectivity index (χ0) is 10.1. The minimum Gasteiger partial charge on any atom is -0.315 e. The maximum atomic E-state index is 4.23. The highest BCUT2D eigenvalue weighted by Crippen LogP contribution is 2.00. The molecule has 1 aromatic heterocycles. The molecule has 0 bridgehead atoms. The maximum absolute atomic E-state index is 4.23. The minimum atomic E-state index is 1.03. The van der Waals surface area contributed by atoms with Crippen molar-refractivity contribution in [2.24, 2.45) is 0 Å². The zero-order valence-corrected chi connectivity index (χ0v) is 9.57. The van der Waals surface area contributed by atoms with Crippen LogP contribution in [-0.2, 0) is 6.42 Å². The highest BCUT2D eigenvalue weighted by molar-refractivity contribution is 7.07. The molecular weight excluding hydrogens is 194 g/mol. The molecule has 0 saturated carbocycles. The topological polar surface area (TPSA) is 37.0 Å². The lowest BCUT2D eigenvalue weighted by Crippen LogP contribution is -2.29. The second kappa shape index (κ2) is 7.91. The van der Waals surface area contributed by atoms with Crippen LogP contribution in [0.1, 0.15) is 19.0 Å². The van der Waals surface area contributed by atoms with Crippen LogP contribution >= 0.6 is 11.3 Å². The Labute approximate surface area is 89.9 Å². The smallest absolute Gasteiger partial charge is 0.0794 e. The molecule has 0 aliphatic heterocycles. The average molecular weight is 213 g/mol. The van der Waals surface area contributed by atoms with Gasteiger partial charge in [0.2, 0.25) is 0 Å². The molecule has 0 atom stereocenters. The minimum absolute atomic E-state index is 1.03. The molecule has 1 heterocycles. The molecule has 0 spiro atoms. The first-order chi connectivity index (χ1) is 6.93. The van der Waals surface area contributed by atoms with Crippen LogP contribution in [0.2, 0.25) is 0 Å². The quantitative estimate of drug-likeness (QED) is 0.639. The molecule has 2 N–H and O–H groups in total. The largest absolute Gasteiger partial charge is 0.315 e. The summed E-state index contributed by atoms with van der Waals surface area (Å²) in [6.45, 7) is 6.43. The summed E-state index contributed by atoms with van der Waals surface area (Å²) in [5.74, 6) is 0. The zero-order valence-electron chi connectivity index (χ0n) is 8.75. The highest BCUT2D eigenvalue weighted by atomic mass is 32.1. The second-order valence-corrected chi connectivity index (χ2v) is 3.95. The Morgan fingerprint density at radius 3 is 2.64 bits per heavy atom. The third-order valence-electron chi connectivity index (χ3n) is 1.95. The fourth-order valence-electron chi connectivity index (χ4n) is 1.18. The summed E-state index contributed by atoms with van der Waals surface area (Å²) >= 11 is 1.66. The summed E-state index contributed by atoms with van der Waals surface area (Å²) in [5.41, 5.74) is 3.09. The Kier molecular flexibility index (Phi) is 6.57. The van der Waals surface area contributed by atoms with Gasteiger partial charge in [-0.1, -0.05) is 6.92 Å². The van der Waals surface area contributed by atoms with Crippen molar-refractivity contribution in [2.75, 3.05) is 26.2 Å². The molecular formula is C10H19N3S. The van der Waals surface area contributed by atoms with Gasteiger partial charge in [0.05, 0.1) is 11.2 Å². The number of aromatic nitrogens is 1. The van der Waals surface area contributed by atoms with E-state index in [-0.39, 0.29) is 0 Å². The summed E-state index contributed by atoms with van der Waals surface area (Å²) in [6, 6.07) is 0. The van der Waals surface area contributed by atoms with Gasteiger partial charge in [-0.05, 0) is 13.0 Å². The van der Waals surface area contributed by atoms with E-state index < -0.39 is 0 Å².